The van der Waals surface area contributed by atoms with Crippen LogP contribution in [-0.4, -0.2) is 38.9 Å². The lowest BCUT2D eigenvalue weighted by molar-refractivity contribution is -0.917. The number of benzene rings is 2. The molecule has 0 unspecified atom stereocenters. The topological polar surface area (TPSA) is 41.8 Å². The molecule has 23 heavy (non-hydrogen) atoms. The van der Waals surface area contributed by atoms with E-state index < -0.39 is 10.0 Å². The second-order valence-corrected chi connectivity index (χ2v) is 8.01. The summed E-state index contributed by atoms with van der Waals surface area (Å²) < 4.78 is 26.9. The van der Waals surface area contributed by atoms with Crippen LogP contribution in [0.5, 0.6) is 0 Å². The second-order valence-electron chi connectivity index (χ2n) is 6.07. The average Bonchev–Trinajstić information content (AvgIpc) is 2.58. The number of nitrogens with one attached hydrogen (secondary N) is 1. The Morgan fingerprint density at radius 3 is 2.22 bits per heavy atom. The molecule has 1 fully saturated rings. The van der Waals surface area contributed by atoms with Crippen molar-refractivity contribution in [2.75, 3.05) is 26.2 Å². The van der Waals surface area contributed by atoms with Gasteiger partial charge in [0.25, 0.3) is 0 Å². The van der Waals surface area contributed by atoms with Crippen LogP contribution in [0.3, 0.4) is 0 Å². The van der Waals surface area contributed by atoms with Gasteiger partial charge in [-0.05, 0) is 24.6 Å². The highest BCUT2D eigenvalue weighted by molar-refractivity contribution is 7.89. The molecule has 1 saturated heterocycles. The van der Waals surface area contributed by atoms with Gasteiger partial charge in [0.1, 0.15) is 6.54 Å². The maximum Gasteiger partial charge on any atom is 0.243 e. The van der Waals surface area contributed by atoms with Gasteiger partial charge in [-0.25, -0.2) is 8.42 Å². The van der Waals surface area contributed by atoms with Crippen LogP contribution in [-0.2, 0) is 16.6 Å². The highest BCUT2D eigenvalue weighted by Gasteiger charge is 2.30. The molecule has 0 saturated carbocycles. The minimum Gasteiger partial charge on any atom is -0.329 e. The third kappa shape index (κ3) is 3.63. The Morgan fingerprint density at radius 1 is 0.957 bits per heavy atom. The van der Waals surface area contributed by atoms with Crippen LogP contribution < -0.4 is 4.90 Å². The number of sulfonamides is 1. The molecule has 0 spiro atoms. The van der Waals surface area contributed by atoms with E-state index in [-0.39, 0.29) is 0 Å². The minimum absolute atomic E-state index is 0.391. The van der Waals surface area contributed by atoms with E-state index >= 15 is 0 Å². The number of quaternary nitrogens is 1. The number of piperazine rings is 1. The average molecular weight is 331 g/mol. The normalized spacial score (nSPS) is 17.3. The molecular formula is C18H23N2O2S+. The smallest absolute Gasteiger partial charge is 0.243 e. The van der Waals surface area contributed by atoms with Crippen molar-refractivity contribution in [3.8, 4) is 0 Å². The third-order valence-electron chi connectivity index (χ3n) is 4.51. The van der Waals surface area contributed by atoms with Gasteiger partial charge in [0, 0.05) is 5.56 Å². The molecule has 3 rings (SSSR count). The first-order valence-corrected chi connectivity index (χ1v) is 9.44. The first-order chi connectivity index (χ1) is 11.1. The van der Waals surface area contributed by atoms with E-state index in [1.807, 2.05) is 6.07 Å². The molecule has 2 aromatic rings. The molecule has 1 aliphatic rings. The molecular weight excluding hydrogens is 308 g/mol. The van der Waals surface area contributed by atoms with E-state index in [1.165, 1.54) is 16.0 Å². The Labute approximate surface area is 138 Å². The molecule has 0 aliphatic carbocycles. The van der Waals surface area contributed by atoms with Crippen LogP contribution in [0.1, 0.15) is 11.1 Å². The molecule has 0 radical (unpaired) electrons. The van der Waals surface area contributed by atoms with Crippen LogP contribution in [0.4, 0.5) is 0 Å². The van der Waals surface area contributed by atoms with Crippen LogP contribution in [0.15, 0.2) is 59.5 Å². The summed E-state index contributed by atoms with van der Waals surface area (Å²) in [5.41, 5.74) is 2.65. The van der Waals surface area contributed by atoms with Crippen molar-refractivity contribution in [3.63, 3.8) is 0 Å². The highest BCUT2D eigenvalue weighted by Crippen LogP contribution is 2.15. The first-order valence-electron chi connectivity index (χ1n) is 8.00. The van der Waals surface area contributed by atoms with Crippen molar-refractivity contribution in [1.29, 1.82) is 0 Å². The van der Waals surface area contributed by atoms with Crippen molar-refractivity contribution >= 4 is 10.0 Å². The summed E-state index contributed by atoms with van der Waals surface area (Å²) in [7, 11) is -3.35. The van der Waals surface area contributed by atoms with Crippen molar-refractivity contribution in [3.05, 3.63) is 65.7 Å². The lowest BCUT2D eigenvalue weighted by Gasteiger charge is -2.31. The summed E-state index contributed by atoms with van der Waals surface area (Å²) in [4.78, 5) is 1.83. The summed E-state index contributed by atoms with van der Waals surface area (Å²) in [6, 6.07) is 17.1. The second kappa shape index (κ2) is 6.83. The van der Waals surface area contributed by atoms with Gasteiger partial charge >= 0.3 is 0 Å². The predicted molar refractivity (Wildman–Crippen MR) is 90.8 cm³/mol. The van der Waals surface area contributed by atoms with Gasteiger partial charge in [-0.15, -0.1) is 0 Å². The van der Waals surface area contributed by atoms with Gasteiger partial charge < -0.3 is 4.90 Å². The highest BCUT2D eigenvalue weighted by atomic mass is 32.2. The number of aryl methyl sites for hydroxylation is 1. The third-order valence-corrected chi connectivity index (χ3v) is 6.43. The van der Waals surface area contributed by atoms with Crippen molar-refractivity contribution in [2.24, 2.45) is 0 Å². The number of rotatable bonds is 4. The lowest BCUT2D eigenvalue weighted by atomic mass is 10.1. The maximum absolute atomic E-state index is 12.6. The quantitative estimate of drug-likeness (QED) is 0.911. The minimum atomic E-state index is -3.35. The lowest BCUT2D eigenvalue weighted by Crippen LogP contribution is -3.13. The number of hydrogen-bond donors (Lipinski definition) is 1. The number of hydrogen-bond acceptors (Lipinski definition) is 2. The molecule has 1 aliphatic heterocycles. The van der Waals surface area contributed by atoms with Crippen LogP contribution in [0.2, 0.25) is 0 Å². The molecule has 2 aromatic carbocycles. The van der Waals surface area contributed by atoms with Crippen molar-refractivity contribution in [1.82, 2.24) is 4.31 Å². The van der Waals surface area contributed by atoms with Gasteiger partial charge in [0.15, 0.2) is 0 Å². The summed E-state index contributed by atoms with van der Waals surface area (Å²) in [6.45, 7) is 5.95. The van der Waals surface area contributed by atoms with Crippen molar-refractivity contribution in [2.45, 2.75) is 18.4 Å². The molecule has 122 valence electrons. The summed E-state index contributed by atoms with van der Waals surface area (Å²) in [6.07, 6.45) is 0. The fourth-order valence-electron chi connectivity index (χ4n) is 3.04. The Bertz CT molecular complexity index is 752. The zero-order valence-corrected chi connectivity index (χ0v) is 14.2. The van der Waals surface area contributed by atoms with E-state index in [2.05, 4.69) is 31.2 Å². The van der Waals surface area contributed by atoms with Crippen molar-refractivity contribution < 1.29 is 13.3 Å². The summed E-state index contributed by atoms with van der Waals surface area (Å²) in [5, 5.41) is 0. The Kier molecular flexibility index (Phi) is 4.80. The van der Waals surface area contributed by atoms with E-state index in [1.54, 1.807) is 28.6 Å². The fraction of sp³-hybridized carbons (Fsp3) is 0.333. The molecule has 0 amide bonds. The van der Waals surface area contributed by atoms with E-state index in [0.717, 1.165) is 19.6 Å². The van der Waals surface area contributed by atoms with E-state index in [0.29, 0.717) is 18.0 Å². The molecule has 1 heterocycles. The van der Waals surface area contributed by atoms with Gasteiger partial charge in [0.05, 0.1) is 31.1 Å². The molecule has 0 atom stereocenters. The first kappa shape index (κ1) is 16.2. The van der Waals surface area contributed by atoms with Gasteiger partial charge in [-0.1, -0.05) is 42.5 Å². The predicted octanol–water partition coefficient (Wildman–Crippen LogP) is 1.08. The Morgan fingerprint density at radius 2 is 1.57 bits per heavy atom. The van der Waals surface area contributed by atoms with Crippen LogP contribution >= 0.6 is 0 Å². The molecule has 0 aromatic heterocycles. The Hall–Kier alpha value is -1.69. The standard InChI is InChI=1S/C18H22N2O2S/c1-16-7-5-6-8-17(16)15-19-11-13-20(14-12-19)23(21,22)18-9-3-2-4-10-18/h2-10H,11-15H2,1H3/p+1. The number of nitrogens with zero attached hydrogens (tertiary/aromatic N) is 1. The molecule has 1 N–H and O–H groups in total. The monoisotopic (exact) mass is 331 g/mol. The summed E-state index contributed by atoms with van der Waals surface area (Å²) in [5.74, 6) is 0. The largest absolute Gasteiger partial charge is 0.329 e. The zero-order valence-electron chi connectivity index (χ0n) is 13.4. The van der Waals surface area contributed by atoms with Crippen LogP contribution in [0, 0.1) is 6.92 Å². The maximum atomic E-state index is 12.6. The SMILES string of the molecule is Cc1ccccc1C[NH+]1CCN(S(=O)(=O)c2ccccc2)CC1. The Balaban J connectivity index is 1.64. The van der Waals surface area contributed by atoms with Crippen LogP contribution in [0.25, 0.3) is 0 Å². The zero-order chi connectivity index (χ0) is 16.3. The molecule has 0 bridgehead atoms. The molecule has 5 heteroatoms. The van der Waals surface area contributed by atoms with Gasteiger partial charge in [0.2, 0.25) is 10.0 Å². The van der Waals surface area contributed by atoms with E-state index in [4.69, 9.17) is 0 Å². The van der Waals surface area contributed by atoms with E-state index in [9.17, 15) is 8.42 Å². The van der Waals surface area contributed by atoms with Gasteiger partial charge in [-0.3, -0.25) is 0 Å². The fourth-order valence-corrected chi connectivity index (χ4v) is 4.50. The van der Waals surface area contributed by atoms with Gasteiger partial charge in [-0.2, -0.15) is 4.31 Å². The molecule has 4 nitrogen and oxygen atoms in total. The summed E-state index contributed by atoms with van der Waals surface area (Å²) >= 11 is 0.